The summed E-state index contributed by atoms with van der Waals surface area (Å²) in [6.07, 6.45) is 6.29. The number of hydrogen-bond donors (Lipinski definition) is 0. The summed E-state index contributed by atoms with van der Waals surface area (Å²) >= 11 is 0. The molecule has 0 atom stereocenters. The van der Waals surface area contributed by atoms with Crippen LogP contribution in [0.3, 0.4) is 0 Å². The molecule has 0 aliphatic heterocycles. The number of para-hydroxylation sites is 3. The van der Waals surface area contributed by atoms with Gasteiger partial charge < -0.3 is 0 Å². The fraction of sp³-hybridized carbons (Fsp3) is 0. The molecule has 13 aromatic carbocycles. The molecule has 0 radical (unpaired) electrons. The Hall–Kier alpha value is -10.4. The predicted molar refractivity (Wildman–Crippen MR) is 330 cm³/mol. The quantitative estimate of drug-likeness (QED) is 0.123. The van der Waals surface area contributed by atoms with Crippen molar-refractivity contribution in [3.63, 3.8) is 0 Å². The highest BCUT2D eigenvalue weighted by molar-refractivity contribution is 6.30. The van der Waals surface area contributed by atoms with Crippen molar-refractivity contribution >= 4 is 97.3 Å². The lowest BCUT2D eigenvalue weighted by Crippen LogP contribution is -1.95. The molecule has 3 heteroatoms. The SMILES string of the molecule is c1ccc(-c2c3ccccc3c(-c3ccc(-c4c5ccccc5c(-c5ccc(-c6c7ccccc7c(-c7ccccc7)c7c6cnc6ccccc67)cc5)c5c4cnc4ccccc45)cc3)c3cnc4ccccc4c23)cc1. The zero-order chi connectivity index (χ0) is 51.3. The summed E-state index contributed by atoms with van der Waals surface area (Å²) in [5.74, 6) is 0. The Kier molecular flexibility index (Phi) is 9.94. The lowest BCUT2D eigenvalue weighted by Gasteiger charge is -2.21. The summed E-state index contributed by atoms with van der Waals surface area (Å²) in [6, 6.07) is 92.6. The van der Waals surface area contributed by atoms with Gasteiger partial charge in [0, 0.05) is 67.1 Å². The van der Waals surface area contributed by atoms with Crippen LogP contribution >= 0.6 is 0 Å². The van der Waals surface area contributed by atoms with E-state index in [-0.39, 0.29) is 0 Å². The van der Waals surface area contributed by atoms with Gasteiger partial charge in [0.25, 0.3) is 0 Å². The molecule has 0 N–H and O–H groups in total. The van der Waals surface area contributed by atoms with E-state index < -0.39 is 0 Å². The maximum atomic E-state index is 5.18. The van der Waals surface area contributed by atoms with E-state index in [1.54, 1.807) is 0 Å². The summed E-state index contributed by atoms with van der Waals surface area (Å²) in [7, 11) is 0. The van der Waals surface area contributed by atoms with E-state index in [4.69, 9.17) is 15.0 Å². The van der Waals surface area contributed by atoms with Gasteiger partial charge in [-0.15, -0.1) is 0 Å². The smallest absolute Gasteiger partial charge is 0.0708 e. The third-order valence-corrected chi connectivity index (χ3v) is 16.3. The number of rotatable bonds is 6. The maximum Gasteiger partial charge on any atom is 0.0708 e. The molecule has 3 heterocycles. The highest BCUT2D eigenvalue weighted by Crippen LogP contribution is 2.50. The van der Waals surface area contributed by atoms with E-state index in [1.165, 1.54) is 93.0 Å². The topological polar surface area (TPSA) is 38.7 Å². The fourth-order valence-corrected chi connectivity index (χ4v) is 13.0. The Balaban J connectivity index is 0.898. The molecule has 78 heavy (non-hydrogen) atoms. The van der Waals surface area contributed by atoms with Crippen LogP contribution in [0.25, 0.3) is 164 Å². The second kappa shape index (κ2) is 17.6. The van der Waals surface area contributed by atoms with E-state index in [0.717, 1.165) is 71.1 Å². The monoisotopic (exact) mass is 987 g/mol. The molecule has 16 aromatic rings. The molecule has 0 amide bonds. The van der Waals surface area contributed by atoms with Crippen LogP contribution in [0.15, 0.2) is 273 Å². The first-order chi connectivity index (χ1) is 38.7. The van der Waals surface area contributed by atoms with Crippen LogP contribution in [-0.2, 0) is 0 Å². The predicted octanol–water partition coefficient (Wildman–Crippen LogP) is 20.3. The maximum absolute atomic E-state index is 5.18. The number of aromatic nitrogens is 3. The minimum Gasteiger partial charge on any atom is -0.256 e. The van der Waals surface area contributed by atoms with Crippen LogP contribution in [0.1, 0.15) is 0 Å². The van der Waals surface area contributed by atoms with Gasteiger partial charge in [0.1, 0.15) is 0 Å². The van der Waals surface area contributed by atoms with Crippen LogP contribution in [0.5, 0.6) is 0 Å². The molecule has 0 spiro atoms. The molecule has 0 bridgehead atoms. The second-order valence-corrected chi connectivity index (χ2v) is 20.5. The summed E-state index contributed by atoms with van der Waals surface area (Å²) < 4.78 is 0. The van der Waals surface area contributed by atoms with Gasteiger partial charge in [0.05, 0.1) is 16.6 Å². The number of hydrogen-bond acceptors (Lipinski definition) is 3. The van der Waals surface area contributed by atoms with E-state index in [0.29, 0.717) is 0 Å². The normalized spacial score (nSPS) is 11.8. The number of fused-ring (bicyclic) bond motifs is 12. The van der Waals surface area contributed by atoms with E-state index in [1.807, 2.05) is 0 Å². The minimum absolute atomic E-state index is 0.967. The van der Waals surface area contributed by atoms with Gasteiger partial charge >= 0.3 is 0 Å². The molecule has 3 nitrogen and oxygen atoms in total. The standard InChI is InChI=1S/C75H45N3/c1-3-19-46(20-4-1)70-55-26-10-7-23-52(55)67(61-43-76-64-32-16-13-29-58(64)73(61)70)48-35-37-49(38-36-48)68-54-25-9-12-28-57(54)72(75-60-31-15-18-34-66(60)78-45-63(68)75)51-41-39-50(40-42-51)69-53-24-8-11-27-56(53)71(47-21-5-2-6-22-47)74-59-30-14-17-33-65(59)77-44-62(69)74/h1-45H. The molecule has 0 unspecified atom stereocenters. The Labute approximate surface area is 450 Å². The Morgan fingerprint density at radius 2 is 0.359 bits per heavy atom. The average Bonchev–Trinajstić information content (AvgIpc) is 3.64. The lowest BCUT2D eigenvalue weighted by atomic mass is 9.83. The third kappa shape index (κ3) is 6.68. The van der Waals surface area contributed by atoms with Crippen LogP contribution in [0.4, 0.5) is 0 Å². The highest BCUT2D eigenvalue weighted by atomic mass is 14.7. The first-order valence-corrected chi connectivity index (χ1v) is 26.7. The molecule has 3 aromatic heterocycles. The molecular formula is C75H45N3. The molecule has 0 fully saturated rings. The molecule has 0 saturated heterocycles. The van der Waals surface area contributed by atoms with Crippen molar-refractivity contribution < 1.29 is 0 Å². The van der Waals surface area contributed by atoms with Gasteiger partial charge in [-0.2, -0.15) is 0 Å². The Morgan fingerprint density at radius 3 is 0.641 bits per heavy atom. The van der Waals surface area contributed by atoms with Gasteiger partial charge in [0.2, 0.25) is 0 Å². The molecule has 16 rings (SSSR count). The molecule has 360 valence electrons. The van der Waals surface area contributed by atoms with Gasteiger partial charge in [-0.3, -0.25) is 15.0 Å². The third-order valence-electron chi connectivity index (χ3n) is 16.3. The Bertz CT molecular complexity index is 5110. The van der Waals surface area contributed by atoms with E-state index in [2.05, 4.69) is 273 Å². The molecular weight excluding hydrogens is 943 g/mol. The Morgan fingerprint density at radius 1 is 0.154 bits per heavy atom. The van der Waals surface area contributed by atoms with Crippen LogP contribution in [0.2, 0.25) is 0 Å². The zero-order valence-corrected chi connectivity index (χ0v) is 42.3. The van der Waals surface area contributed by atoms with Crippen molar-refractivity contribution in [2.75, 3.05) is 0 Å². The van der Waals surface area contributed by atoms with Gasteiger partial charge in [0.15, 0.2) is 0 Å². The van der Waals surface area contributed by atoms with Crippen molar-refractivity contribution in [2.45, 2.75) is 0 Å². The van der Waals surface area contributed by atoms with Crippen molar-refractivity contribution in [1.29, 1.82) is 0 Å². The largest absolute Gasteiger partial charge is 0.256 e. The van der Waals surface area contributed by atoms with Crippen LogP contribution in [-0.4, -0.2) is 15.0 Å². The number of nitrogens with zero attached hydrogens (tertiary/aromatic N) is 3. The molecule has 0 saturated carbocycles. The van der Waals surface area contributed by atoms with E-state index in [9.17, 15) is 0 Å². The first kappa shape index (κ1) is 44.0. The zero-order valence-electron chi connectivity index (χ0n) is 42.3. The van der Waals surface area contributed by atoms with Crippen molar-refractivity contribution in [3.05, 3.63) is 273 Å². The van der Waals surface area contributed by atoms with Gasteiger partial charge in [-0.1, -0.05) is 237 Å². The summed E-state index contributed by atoms with van der Waals surface area (Å²) in [4.78, 5) is 15.4. The lowest BCUT2D eigenvalue weighted by molar-refractivity contribution is 1.44. The van der Waals surface area contributed by atoms with Gasteiger partial charge in [-0.25, -0.2) is 0 Å². The average molecular weight is 988 g/mol. The number of pyridine rings is 3. The summed E-state index contributed by atoms with van der Waals surface area (Å²) in [6.45, 7) is 0. The highest BCUT2D eigenvalue weighted by Gasteiger charge is 2.24. The van der Waals surface area contributed by atoms with Crippen molar-refractivity contribution in [2.24, 2.45) is 0 Å². The van der Waals surface area contributed by atoms with Gasteiger partial charge in [-0.05, 0) is 117 Å². The van der Waals surface area contributed by atoms with Crippen LogP contribution in [0, 0.1) is 0 Å². The second-order valence-electron chi connectivity index (χ2n) is 20.5. The summed E-state index contributed by atoms with van der Waals surface area (Å²) in [5, 5.41) is 17.7. The van der Waals surface area contributed by atoms with Crippen molar-refractivity contribution in [3.8, 4) is 66.8 Å². The first-order valence-electron chi connectivity index (χ1n) is 26.7. The van der Waals surface area contributed by atoms with Crippen molar-refractivity contribution in [1.82, 2.24) is 15.0 Å². The van der Waals surface area contributed by atoms with Crippen LogP contribution < -0.4 is 0 Å². The minimum atomic E-state index is 0.967. The fourth-order valence-electron chi connectivity index (χ4n) is 13.0. The molecule has 0 aliphatic carbocycles. The van der Waals surface area contributed by atoms with E-state index >= 15 is 0 Å². The summed E-state index contributed by atoms with van der Waals surface area (Å²) in [5.41, 5.74) is 17.1. The molecule has 0 aliphatic rings. The number of benzene rings is 13.